The minimum absolute atomic E-state index is 0.0638. The number of halogens is 2. The quantitative estimate of drug-likeness (QED) is 0.840. The van der Waals surface area contributed by atoms with Gasteiger partial charge >= 0.3 is 0 Å². The molecule has 1 aliphatic heterocycles. The molecular weight excluding hydrogens is 279 g/mol. The molecule has 2 N–H and O–H groups in total. The number of likely N-dealkylation sites (tertiary alicyclic amines) is 1. The SMILES string of the molecule is CC(C)(C)N1CCCC(N)C1c1cc(Cl)ccc1Cl. The summed E-state index contributed by atoms with van der Waals surface area (Å²) in [6, 6.07) is 5.88. The highest BCUT2D eigenvalue weighted by Crippen LogP contribution is 2.39. The van der Waals surface area contributed by atoms with Gasteiger partial charge in [-0.05, 0) is 63.9 Å². The second-order valence-electron chi connectivity index (χ2n) is 6.28. The molecule has 0 aliphatic carbocycles. The highest BCUT2D eigenvalue weighted by atomic mass is 35.5. The molecule has 0 saturated carbocycles. The third-order valence-corrected chi connectivity index (χ3v) is 4.40. The van der Waals surface area contributed by atoms with Gasteiger partial charge < -0.3 is 5.73 Å². The van der Waals surface area contributed by atoms with Crippen molar-refractivity contribution in [3.63, 3.8) is 0 Å². The first-order chi connectivity index (χ1) is 8.80. The molecule has 4 heteroatoms. The van der Waals surface area contributed by atoms with Gasteiger partial charge in [-0.25, -0.2) is 0 Å². The van der Waals surface area contributed by atoms with Crippen LogP contribution in [-0.4, -0.2) is 23.0 Å². The lowest BCUT2D eigenvalue weighted by atomic mass is 9.87. The summed E-state index contributed by atoms with van der Waals surface area (Å²) in [5.41, 5.74) is 7.49. The highest BCUT2D eigenvalue weighted by Gasteiger charge is 2.37. The van der Waals surface area contributed by atoms with Crippen LogP contribution in [-0.2, 0) is 0 Å². The second kappa shape index (κ2) is 5.61. The zero-order valence-electron chi connectivity index (χ0n) is 11.8. The van der Waals surface area contributed by atoms with Gasteiger partial charge in [0.2, 0.25) is 0 Å². The first-order valence-corrected chi connectivity index (χ1v) is 7.53. The Morgan fingerprint density at radius 3 is 2.58 bits per heavy atom. The molecule has 1 heterocycles. The predicted molar refractivity (Wildman–Crippen MR) is 82.9 cm³/mol. The maximum absolute atomic E-state index is 6.37. The molecule has 2 rings (SSSR count). The number of nitrogens with two attached hydrogens (primary N) is 1. The van der Waals surface area contributed by atoms with Crippen molar-refractivity contribution < 1.29 is 0 Å². The number of benzene rings is 1. The zero-order valence-corrected chi connectivity index (χ0v) is 13.3. The maximum Gasteiger partial charge on any atom is 0.0519 e. The topological polar surface area (TPSA) is 29.3 Å². The number of piperidine rings is 1. The van der Waals surface area contributed by atoms with Crippen molar-refractivity contribution in [2.45, 2.75) is 51.2 Å². The normalized spacial score (nSPS) is 25.6. The monoisotopic (exact) mass is 300 g/mol. The van der Waals surface area contributed by atoms with Gasteiger partial charge in [0.25, 0.3) is 0 Å². The summed E-state index contributed by atoms with van der Waals surface area (Å²) >= 11 is 12.5. The molecule has 2 unspecified atom stereocenters. The molecule has 19 heavy (non-hydrogen) atoms. The van der Waals surface area contributed by atoms with Crippen molar-refractivity contribution in [3.05, 3.63) is 33.8 Å². The van der Waals surface area contributed by atoms with Gasteiger partial charge in [-0.3, -0.25) is 4.90 Å². The Kier molecular flexibility index (Phi) is 4.46. The summed E-state index contributed by atoms with van der Waals surface area (Å²) < 4.78 is 0. The molecule has 0 bridgehead atoms. The smallest absolute Gasteiger partial charge is 0.0519 e. The zero-order chi connectivity index (χ0) is 14.2. The Bertz CT molecular complexity index is 454. The lowest BCUT2D eigenvalue weighted by Crippen LogP contribution is -2.53. The van der Waals surface area contributed by atoms with E-state index in [0.29, 0.717) is 5.02 Å². The molecule has 2 nitrogen and oxygen atoms in total. The Balaban J connectivity index is 2.45. The van der Waals surface area contributed by atoms with Crippen molar-refractivity contribution in [2.24, 2.45) is 5.73 Å². The second-order valence-corrected chi connectivity index (χ2v) is 7.12. The van der Waals surface area contributed by atoms with E-state index in [0.717, 1.165) is 30.0 Å². The Morgan fingerprint density at radius 2 is 1.95 bits per heavy atom. The van der Waals surface area contributed by atoms with E-state index in [1.54, 1.807) is 0 Å². The van der Waals surface area contributed by atoms with Crippen molar-refractivity contribution in [1.82, 2.24) is 4.90 Å². The standard InChI is InChI=1S/C15H22Cl2N2/c1-15(2,3)19-8-4-5-13(18)14(19)11-9-10(16)6-7-12(11)17/h6-7,9,13-14H,4-5,8,18H2,1-3H3. The molecule has 0 radical (unpaired) electrons. The summed E-state index contributed by atoms with van der Waals surface area (Å²) in [6.07, 6.45) is 2.16. The molecule has 1 fully saturated rings. The molecule has 1 aromatic rings. The van der Waals surface area contributed by atoms with Gasteiger partial charge in [-0.1, -0.05) is 23.2 Å². The first kappa shape index (κ1) is 15.1. The van der Waals surface area contributed by atoms with Crippen LogP contribution in [0.2, 0.25) is 10.0 Å². The van der Waals surface area contributed by atoms with Crippen LogP contribution in [0, 0.1) is 0 Å². The van der Waals surface area contributed by atoms with Gasteiger partial charge in [0.1, 0.15) is 0 Å². The van der Waals surface area contributed by atoms with E-state index in [9.17, 15) is 0 Å². The largest absolute Gasteiger partial charge is 0.326 e. The van der Waals surface area contributed by atoms with E-state index in [-0.39, 0.29) is 17.6 Å². The molecule has 1 aromatic carbocycles. The fourth-order valence-electron chi connectivity index (χ4n) is 2.92. The third-order valence-electron chi connectivity index (χ3n) is 3.82. The van der Waals surface area contributed by atoms with Crippen molar-refractivity contribution in [1.29, 1.82) is 0 Å². The molecule has 0 aromatic heterocycles. The van der Waals surface area contributed by atoms with Crippen LogP contribution in [0.5, 0.6) is 0 Å². The van der Waals surface area contributed by atoms with E-state index in [4.69, 9.17) is 28.9 Å². The Morgan fingerprint density at radius 1 is 1.26 bits per heavy atom. The first-order valence-electron chi connectivity index (χ1n) is 6.78. The molecule has 1 saturated heterocycles. The number of hydrogen-bond donors (Lipinski definition) is 1. The summed E-state index contributed by atoms with van der Waals surface area (Å²) in [5.74, 6) is 0. The van der Waals surface area contributed by atoms with E-state index >= 15 is 0 Å². The maximum atomic E-state index is 6.37. The van der Waals surface area contributed by atoms with Crippen LogP contribution in [0.25, 0.3) is 0 Å². The van der Waals surface area contributed by atoms with Crippen molar-refractivity contribution in [3.8, 4) is 0 Å². The molecule has 0 spiro atoms. The summed E-state index contributed by atoms with van der Waals surface area (Å²) in [4.78, 5) is 2.44. The predicted octanol–water partition coefficient (Wildman–Crippen LogP) is 4.26. The number of rotatable bonds is 1. The molecular formula is C15H22Cl2N2. The lowest BCUT2D eigenvalue weighted by Gasteiger charge is -2.47. The lowest BCUT2D eigenvalue weighted by molar-refractivity contribution is 0.0385. The minimum atomic E-state index is 0.0638. The van der Waals surface area contributed by atoms with Crippen LogP contribution in [0.4, 0.5) is 0 Å². The fourth-order valence-corrected chi connectivity index (χ4v) is 3.33. The van der Waals surface area contributed by atoms with Crippen LogP contribution in [0.1, 0.15) is 45.2 Å². The van der Waals surface area contributed by atoms with Gasteiger partial charge in [0, 0.05) is 21.6 Å². The Hall–Kier alpha value is -0.280. The van der Waals surface area contributed by atoms with Crippen LogP contribution in [0.3, 0.4) is 0 Å². The van der Waals surface area contributed by atoms with Gasteiger partial charge in [0.15, 0.2) is 0 Å². The molecule has 106 valence electrons. The van der Waals surface area contributed by atoms with E-state index in [2.05, 4.69) is 25.7 Å². The highest BCUT2D eigenvalue weighted by molar-refractivity contribution is 6.33. The minimum Gasteiger partial charge on any atom is -0.326 e. The summed E-state index contributed by atoms with van der Waals surface area (Å²) in [6.45, 7) is 7.70. The van der Waals surface area contributed by atoms with Crippen LogP contribution < -0.4 is 5.73 Å². The van der Waals surface area contributed by atoms with Crippen molar-refractivity contribution >= 4 is 23.2 Å². The summed E-state index contributed by atoms with van der Waals surface area (Å²) in [7, 11) is 0. The van der Waals surface area contributed by atoms with E-state index in [1.165, 1.54) is 0 Å². The molecule has 2 atom stereocenters. The van der Waals surface area contributed by atoms with Crippen LogP contribution in [0.15, 0.2) is 18.2 Å². The molecule has 0 amide bonds. The van der Waals surface area contributed by atoms with Gasteiger partial charge in [-0.2, -0.15) is 0 Å². The van der Waals surface area contributed by atoms with Gasteiger partial charge in [-0.15, -0.1) is 0 Å². The van der Waals surface area contributed by atoms with Gasteiger partial charge in [0.05, 0.1) is 6.04 Å². The average Bonchev–Trinajstić information content (AvgIpc) is 2.31. The van der Waals surface area contributed by atoms with E-state index in [1.807, 2.05) is 18.2 Å². The van der Waals surface area contributed by atoms with Crippen LogP contribution >= 0.6 is 23.2 Å². The Labute approximate surface area is 125 Å². The van der Waals surface area contributed by atoms with E-state index < -0.39 is 0 Å². The number of nitrogens with zero attached hydrogens (tertiary/aromatic N) is 1. The van der Waals surface area contributed by atoms with Crippen molar-refractivity contribution in [2.75, 3.05) is 6.54 Å². The average molecular weight is 301 g/mol. The number of hydrogen-bond acceptors (Lipinski definition) is 2. The fraction of sp³-hybridized carbons (Fsp3) is 0.600. The third kappa shape index (κ3) is 3.25. The summed E-state index contributed by atoms with van der Waals surface area (Å²) in [5, 5.41) is 1.46. The molecule has 1 aliphatic rings.